The van der Waals surface area contributed by atoms with E-state index in [2.05, 4.69) is 36.2 Å². The van der Waals surface area contributed by atoms with Gasteiger partial charge in [-0.2, -0.15) is 5.10 Å². The number of hydrogen-bond donors (Lipinski definition) is 1. The van der Waals surface area contributed by atoms with E-state index in [1.165, 1.54) is 12.8 Å². The average molecular weight is 471 g/mol. The van der Waals surface area contributed by atoms with E-state index in [9.17, 15) is 9.59 Å². The van der Waals surface area contributed by atoms with E-state index in [4.69, 9.17) is 0 Å². The third kappa shape index (κ3) is 7.07. The summed E-state index contributed by atoms with van der Waals surface area (Å²) >= 11 is 0. The normalized spacial score (nSPS) is 19.1. The quantitative estimate of drug-likeness (QED) is 0.372. The Morgan fingerprint density at radius 3 is 2.47 bits per heavy atom. The van der Waals surface area contributed by atoms with Crippen LogP contribution in [0.3, 0.4) is 0 Å². The lowest BCUT2D eigenvalue weighted by molar-refractivity contribution is -0.117. The van der Waals surface area contributed by atoms with E-state index in [0.29, 0.717) is 18.4 Å². The Kier molecular flexibility index (Phi) is 11.1. The largest absolute Gasteiger partial charge is 0.338 e. The number of nitrogens with zero attached hydrogens (tertiary/aromatic N) is 3. The number of carbonyl (C=O) groups excluding carboxylic acids is 2. The molecule has 0 radical (unpaired) electrons. The van der Waals surface area contributed by atoms with Gasteiger partial charge in [0.1, 0.15) is 0 Å². The molecule has 2 amide bonds. The molecular formula is C28H46N4O2. The van der Waals surface area contributed by atoms with Crippen LogP contribution in [0.15, 0.2) is 17.2 Å². The summed E-state index contributed by atoms with van der Waals surface area (Å²) in [4.78, 5) is 27.9. The van der Waals surface area contributed by atoms with Gasteiger partial charge < -0.3 is 10.2 Å². The number of carbonyl (C=O) groups is 2. The molecule has 1 aromatic rings. The Balaban J connectivity index is 0.00000199. The second-order valence-electron chi connectivity index (χ2n) is 9.62. The number of nitrogens with one attached hydrogen (secondary N) is 1. The number of hydrazone groups is 1. The minimum absolute atomic E-state index is 0.00616. The zero-order valence-corrected chi connectivity index (χ0v) is 22.5. The minimum atomic E-state index is -0.00616. The van der Waals surface area contributed by atoms with Gasteiger partial charge in [0.15, 0.2) is 0 Å². The highest BCUT2D eigenvalue weighted by Crippen LogP contribution is 2.28. The molecule has 1 saturated carbocycles. The molecule has 1 aromatic carbocycles. The molecule has 1 aliphatic carbocycles. The number of likely N-dealkylation sites (tertiary alicyclic amines) is 1. The molecule has 1 unspecified atom stereocenters. The van der Waals surface area contributed by atoms with Crippen LogP contribution in [-0.2, 0) is 11.2 Å². The van der Waals surface area contributed by atoms with Gasteiger partial charge in [0, 0.05) is 43.0 Å². The van der Waals surface area contributed by atoms with Gasteiger partial charge in [-0.1, -0.05) is 40.5 Å². The lowest BCUT2D eigenvalue weighted by Crippen LogP contribution is -2.38. The predicted octanol–water partition coefficient (Wildman–Crippen LogP) is 6.03. The summed E-state index contributed by atoms with van der Waals surface area (Å²) < 4.78 is 0. The third-order valence-corrected chi connectivity index (χ3v) is 6.93. The van der Waals surface area contributed by atoms with E-state index >= 15 is 0 Å². The average Bonchev–Trinajstić information content (AvgIpc) is 3.50. The van der Waals surface area contributed by atoms with Crippen molar-refractivity contribution in [3.63, 3.8) is 0 Å². The summed E-state index contributed by atoms with van der Waals surface area (Å²) in [6.45, 7) is 15.9. The highest BCUT2D eigenvalue weighted by atomic mass is 16.2. The summed E-state index contributed by atoms with van der Waals surface area (Å²) in [7, 11) is 0. The zero-order chi connectivity index (χ0) is 25.3. The molecular weight excluding hydrogens is 424 g/mol. The SMILES string of the molecule is C/C=N\N(C(C)CC(=O)Nc1cc(C)c(C(=O)N2CC[C@H](C)C2)cc1CC)C1CCCC1.CC. The van der Waals surface area contributed by atoms with Crippen molar-refractivity contribution in [2.24, 2.45) is 11.0 Å². The zero-order valence-electron chi connectivity index (χ0n) is 22.5. The number of aryl methyl sites for hydroxylation is 2. The third-order valence-electron chi connectivity index (χ3n) is 6.93. The summed E-state index contributed by atoms with van der Waals surface area (Å²) in [5.41, 5.74) is 3.50. The van der Waals surface area contributed by atoms with E-state index in [1.54, 1.807) is 0 Å². The number of rotatable bonds is 8. The van der Waals surface area contributed by atoms with Crippen LogP contribution in [0.2, 0.25) is 0 Å². The van der Waals surface area contributed by atoms with Crippen molar-refractivity contribution in [2.45, 2.75) is 105 Å². The molecule has 190 valence electrons. The fourth-order valence-electron chi connectivity index (χ4n) is 5.12. The van der Waals surface area contributed by atoms with Crippen molar-refractivity contribution in [3.8, 4) is 0 Å². The van der Waals surface area contributed by atoms with Crippen molar-refractivity contribution in [3.05, 3.63) is 28.8 Å². The van der Waals surface area contributed by atoms with Crippen molar-refractivity contribution in [1.29, 1.82) is 0 Å². The van der Waals surface area contributed by atoms with Crippen molar-refractivity contribution < 1.29 is 9.59 Å². The van der Waals surface area contributed by atoms with E-state index in [-0.39, 0.29) is 17.9 Å². The van der Waals surface area contributed by atoms with E-state index in [0.717, 1.165) is 61.2 Å². The highest BCUT2D eigenvalue weighted by Gasteiger charge is 2.28. The van der Waals surface area contributed by atoms with Crippen LogP contribution in [0.1, 0.15) is 102 Å². The molecule has 2 fully saturated rings. The number of amides is 2. The van der Waals surface area contributed by atoms with Crippen LogP contribution in [0.5, 0.6) is 0 Å². The van der Waals surface area contributed by atoms with Gasteiger partial charge in [-0.15, -0.1) is 0 Å². The molecule has 1 heterocycles. The van der Waals surface area contributed by atoms with Gasteiger partial charge >= 0.3 is 0 Å². The van der Waals surface area contributed by atoms with Gasteiger partial charge in [-0.3, -0.25) is 14.6 Å². The second-order valence-corrected chi connectivity index (χ2v) is 9.62. The topological polar surface area (TPSA) is 65.0 Å². The fraction of sp³-hybridized carbons (Fsp3) is 0.679. The molecule has 6 nitrogen and oxygen atoms in total. The fourth-order valence-corrected chi connectivity index (χ4v) is 5.12. The van der Waals surface area contributed by atoms with Crippen LogP contribution in [0.4, 0.5) is 5.69 Å². The van der Waals surface area contributed by atoms with E-state index < -0.39 is 0 Å². The second kappa shape index (κ2) is 13.5. The molecule has 2 aliphatic rings. The van der Waals surface area contributed by atoms with Gasteiger partial charge in [0.2, 0.25) is 5.91 Å². The molecule has 1 saturated heterocycles. The first-order valence-corrected chi connectivity index (χ1v) is 13.3. The predicted molar refractivity (Wildman–Crippen MR) is 143 cm³/mol. The maximum Gasteiger partial charge on any atom is 0.254 e. The monoisotopic (exact) mass is 470 g/mol. The molecule has 0 spiro atoms. The van der Waals surface area contributed by atoms with Gasteiger partial charge in [0.05, 0.1) is 6.04 Å². The summed E-state index contributed by atoms with van der Waals surface area (Å²) in [6.07, 6.45) is 8.81. The van der Waals surface area contributed by atoms with Gasteiger partial charge in [-0.05, 0) is 75.6 Å². The highest BCUT2D eigenvalue weighted by molar-refractivity contribution is 5.98. The van der Waals surface area contributed by atoms with E-state index in [1.807, 2.05) is 50.9 Å². The Labute approximate surface area is 207 Å². The molecule has 1 N–H and O–H groups in total. The van der Waals surface area contributed by atoms with Crippen LogP contribution >= 0.6 is 0 Å². The molecule has 1 aliphatic heterocycles. The maximum absolute atomic E-state index is 13.0. The maximum atomic E-state index is 13.0. The molecule has 0 aromatic heterocycles. The Morgan fingerprint density at radius 1 is 1.24 bits per heavy atom. The molecule has 2 atom stereocenters. The van der Waals surface area contributed by atoms with Crippen molar-refractivity contribution in [1.82, 2.24) is 9.91 Å². The first-order chi connectivity index (χ1) is 16.3. The molecule has 0 bridgehead atoms. The lowest BCUT2D eigenvalue weighted by atomic mass is 10.00. The first kappa shape index (κ1) is 27.9. The summed E-state index contributed by atoms with van der Waals surface area (Å²) in [6, 6.07) is 4.42. The lowest BCUT2D eigenvalue weighted by Gasteiger charge is -2.31. The minimum Gasteiger partial charge on any atom is -0.338 e. The van der Waals surface area contributed by atoms with Gasteiger partial charge in [0.25, 0.3) is 5.91 Å². The standard InChI is InChI=1S/C26H40N4O2.C2H6/c1-6-21-16-23(26(32)29-13-12-18(3)17-29)19(4)14-24(21)28-25(31)15-20(5)30(27-7-2)22-10-8-9-11-22;1-2/h7,14,16,18,20,22H,6,8-13,15,17H2,1-5H3,(H,28,31);1-2H3/b27-7-;/t18-,20?;/m0./s1. The number of hydrogen-bond acceptors (Lipinski definition) is 4. The first-order valence-electron chi connectivity index (χ1n) is 13.3. The smallest absolute Gasteiger partial charge is 0.254 e. The van der Waals surface area contributed by atoms with Crippen LogP contribution < -0.4 is 5.32 Å². The summed E-state index contributed by atoms with van der Waals surface area (Å²) in [5, 5.41) is 9.82. The van der Waals surface area contributed by atoms with Crippen molar-refractivity contribution >= 4 is 23.7 Å². The van der Waals surface area contributed by atoms with Crippen molar-refractivity contribution in [2.75, 3.05) is 18.4 Å². The Morgan fingerprint density at radius 2 is 1.91 bits per heavy atom. The Hall–Kier alpha value is -2.37. The molecule has 3 rings (SSSR count). The number of anilines is 1. The summed E-state index contributed by atoms with van der Waals surface area (Å²) in [5.74, 6) is 0.664. The van der Waals surface area contributed by atoms with Crippen LogP contribution in [0.25, 0.3) is 0 Å². The molecule has 6 heteroatoms. The van der Waals surface area contributed by atoms with Gasteiger partial charge in [-0.25, -0.2) is 0 Å². The Bertz CT molecular complexity index is 845. The van der Waals surface area contributed by atoms with Crippen LogP contribution in [0, 0.1) is 12.8 Å². The van der Waals surface area contributed by atoms with Crippen LogP contribution in [-0.4, -0.2) is 53.1 Å². The molecule has 34 heavy (non-hydrogen) atoms. The number of benzene rings is 1.